The van der Waals surface area contributed by atoms with Gasteiger partial charge in [0.1, 0.15) is 17.2 Å². The number of hydrogen-bond acceptors (Lipinski definition) is 6. The van der Waals surface area contributed by atoms with Gasteiger partial charge in [-0.15, -0.1) is 0 Å². The van der Waals surface area contributed by atoms with E-state index in [1.807, 2.05) is 20.8 Å². The topological polar surface area (TPSA) is 82.3 Å². The summed E-state index contributed by atoms with van der Waals surface area (Å²) in [6.45, 7) is 21.4. The fourth-order valence-corrected chi connectivity index (χ4v) is 5.53. The smallest absolute Gasteiger partial charge is 0.291 e. The maximum atomic E-state index is 13.1. The predicted molar refractivity (Wildman–Crippen MR) is 155 cm³/mol. The molecule has 0 spiro atoms. The van der Waals surface area contributed by atoms with Gasteiger partial charge in [-0.2, -0.15) is 0 Å². The molecular weight excluding hydrogens is 492 g/mol. The zero-order valence-electron chi connectivity index (χ0n) is 25.2. The van der Waals surface area contributed by atoms with Crippen LogP contribution >= 0.6 is 0 Å². The van der Waals surface area contributed by atoms with Crippen LogP contribution in [0.25, 0.3) is 0 Å². The number of nitrogens with one attached hydrogen (secondary N) is 1. The van der Waals surface area contributed by atoms with E-state index < -0.39 is 5.91 Å². The summed E-state index contributed by atoms with van der Waals surface area (Å²) in [6, 6.07) is 7.64. The van der Waals surface area contributed by atoms with E-state index in [4.69, 9.17) is 18.6 Å². The molecule has 39 heavy (non-hydrogen) atoms. The number of nitrogens with zero attached hydrogens (tertiary/aromatic N) is 1. The number of rotatable bonds is 11. The Bertz CT molecular complexity index is 1290. The summed E-state index contributed by atoms with van der Waals surface area (Å²) in [5.74, 6) is 2.41. The lowest BCUT2D eigenvalue weighted by atomic mass is 9.71. The standard InChI is InChI=1S/C32H44N2O5/c1-12-20(6)33-31(37-11)29(22(8)36-10)34-30(35)25-14-15-27(38-25)39-26-17-23-24(16-19(26)5)32(9,13-2)21(7)28(23)18(3)4/h14-18,21,28H,8,12-13H2,1-7,9-11H3,(H,34,35)/b31-29-,33-20+. The fourth-order valence-electron chi connectivity index (χ4n) is 5.53. The summed E-state index contributed by atoms with van der Waals surface area (Å²) in [5.41, 5.74) is 4.96. The Morgan fingerprint density at radius 1 is 1.21 bits per heavy atom. The Hall–Kier alpha value is -3.48. The number of aliphatic imine (C=N–C) groups is 1. The van der Waals surface area contributed by atoms with Gasteiger partial charge >= 0.3 is 0 Å². The number of furan rings is 1. The first-order valence-electron chi connectivity index (χ1n) is 13.7. The molecule has 0 fully saturated rings. The third kappa shape index (κ3) is 5.92. The van der Waals surface area contributed by atoms with Gasteiger partial charge < -0.3 is 23.9 Å². The molecule has 0 radical (unpaired) electrons. The molecule has 0 saturated heterocycles. The largest absolute Gasteiger partial charge is 0.495 e. The van der Waals surface area contributed by atoms with E-state index in [1.165, 1.54) is 25.3 Å². The summed E-state index contributed by atoms with van der Waals surface area (Å²) < 4.78 is 22.7. The summed E-state index contributed by atoms with van der Waals surface area (Å²) in [6.07, 6.45) is 1.81. The second-order valence-electron chi connectivity index (χ2n) is 10.9. The highest BCUT2D eigenvalue weighted by Crippen LogP contribution is 2.56. The van der Waals surface area contributed by atoms with Crippen molar-refractivity contribution in [3.8, 4) is 11.7 Å². The van der Waals surface area contributed by atoms with Crippen LogP contribution in [0, 0.1) is 18.8 Å². The van der Waals surface area contributed by atoms with Crippen molar-refractivity contribution in [2.75, 3.05) is 14.2 Å². The summed E-state index contributed by atoms with van der Waals surface area (Å²) in [4.78, 5) is 17.5. The maximum absolute atomic E-state index is 13.1. The van der Waals surface area contributed by atoms with Crippen molar-refractivity contribution in [1.82, 2.24) is 5.32 Å². The highest BCUT2D eigenvalue weighted by Gasteiger charge is 2.46. The number of carbonyl (C=O) groups excluding carboxylic acids is 1. The Morgan fingerprint density at radius 3 is 2.46 bits per heavy atom. The third-order valence-corrected chi connectivity index (χ3v) is 8.31. The predicted octanol–water partition coefficient (Wildman–Crippen LogP) is 8.01. The van der Waals surface area contributed by atoms with E-state index in [2.05, 4.69) is 63.6 Å². The van der Waals surface area contributed by atoms with Crippen molar-refractivity contribution < 1.29 is 23.4 Å². The summed E-state index contributed by atoms with van der Waals surface area (Å²) in [5, 5.41) is 2.76. The number of methoxy groups -OCH3 is 2. The Labute approximate surface area is 233 Å². The fraction of sp³-hybridized carbons (Fsp3) is 0.500. The van der Waals surface area contributed by atoms with Gasteiger partial charge in [0.25, 0.3) is 11.9 Å². The van der Waals surface area contributed by atoms with E-state index in [-0.39, 0.29) is 34.5 Å². The van der Waals surface area contributed by atoms with Crippen LogP contribution in [-0.4, -0.2) is 25.8 Å². The Balaban J connectivity index is 1.90. The number of carbonyl (C=O) groups is 1. The molecule has 0 saturated carbocycles. The Morgan fingerprint density at radius 2 is 1.90 bits per heavy atom. The molecule has 1 amide bonds. The van der Waals surface area contributed by atoms with Gasteiger partial charge in [-0.05, 0) is 78.7 Å². The lowest BCUT2D eigenvalue weighted by molar-refractivity contribution is 0.0926. The van der Waals surface area contributed by atoms with Crippen molar-refractivity contribution in [3.05, 3.63) is 70.6 Å². The maximum Gasteiger partial charge on any atom is 0.291 e. The summed E-state index contributed by atoms with van der Waals surface area (Å²) >= 11 is 0. The first-order valence-corrected chi connectivity index (χ1v) is 13.7. The second kappa shape index (κ2) is 12.1. The average molecular weight is 537 g/mol. The number of hydrogen-bond donors (Lipinski definition) is 1. The van der Waals surface area contributed by atoms with Gasteiger partial charge in [0, 0.05) is 11.8 Å². The zero-order valence-corrected chi connectivity index (χ0v) is 25.2. The molecule has 7 heteroatoms. The number of amides is 1. The molecule has 1 N–H and O–H groups in total. The highest BCUT2D eigenvalue weighted by molar-refractivity contribution is 5.93. The molecule has 7 nitrogen and oxygen atoms in total. The van der Waals surface area contributed by atoms with Gasteiger partial charge in [0.05, 0.1) is 14.2 Å². The minimum Gasteiger partial charge on any atom is -0.495 e. The SMILES string of the molecule is C=C(OC)/C(NC(=O)c1ccc(Oc2cc3c(cc2C)C(C)(CC)C(C)C3C(C)C)o1)=C(\N=C(/C)CC)OC. The number of ether oxygens (including phenoxy) is 3. The van der Waals surface area contributed by atoms with E-state index in [0.717, 1.165) is 29.9 Å². The van der Waals surface area contributed by atoms with E-state index >= 15 is 0 Å². The van der Waals surface area contributed by atoms with Crippen LogP contribution in [0.4, 0.5) is 0 Å². The zero-order chi connectivity index (χ0) is 29.1. The molecule has 3 atom stereocenters. The molecule has 1 heterocycles. The normalized spacial score (nSPS) is 21.4. The van der Waals surface area contributed by atoms with Crippen LogP contribution in [0.15, 0.2) is 57.6 Å². The quantitative estimate of drug-likeness (QED) is 0.179. The van der Waals surface area contributed by atoms with E-state index in [9.17, 15) is 4.79 Å². The molecule has 3 unspecified atom stereocenters. The van der Waals surface area contributed by atoms with Crippen molar-refractivity contribution >= 4 is 11.6 Å². The molecule has 1 aromatic carbocycles. The highest BCUT2D eigenvalue weighted by atomic mass is 16.6. The molecule has 2 aromatic rings. The van der Waals surface area contributed by atoms with Crippen LogP contribution in [0.2, 0.25) is 0 Å². The Kier molecular flexibility index (Phi) is 9.36. The third-order valence-electron chi connectivity index (χ3n) is 8.31. The van der Waals surface area contributed by atoms with Crippen LogP contribution < -0.4 is 10.1 Å². The van der Waals surface area contributed by atoms with Crippen LogP contribution in [0.1, 0.15) is 94.5 Å². The lowest BCUT2D eigenvalue weighted by Gasteiger charge is -2.32. The van der Waals surface area contributed by atoms with Gasteiger partial charge in [-0.1, -0.05) is 54.2 Å². The van der Waals surface area contributed by atoms with Crippen molar-refractivity contribution in [1.29, 1.82) is 0 Å². The second-order valence-corrected chi connectivity index (χ2v) is 10.9. The molecule has 1 aliphatic carbocycles. The first-order chi connectivity index (χ1) is 18.4. The first kappa shape index (κ1) is 30.1. The molecule has 0 bridgehead atoms. The minimum atomic E-state index is -0.505. The van der Waals surface area contributed by atoms with Crippen LogP contribution in [0.5, 0.6) is 11.7 Å². The van der Waals surface area contributed by atoms with Crippen molar-refractivity contribution in [3.63, 3.8) is 0 Å². The van der Waals surface area contributed by atoms with Gasteiger partial charge in [-0.25, -0.2) is 4.99 Å². The molecule has 1 aromatic heterocycles. The van der Waals surface area contributed by atoms with Gasteiger partial charge in [-0.3, -0.25) is 4.79 Å². The van der Waals surface area contributed by atoms with Gasteiger partial charge in [0.15, 0.2) is 5.76 Å². The lowest BCUT2D eigenvalue weighted by Crippen LogP contribution is -2.27. The number of aryl methyl sites for hydroxylation is 1. The molecule has 1 aliphatic rings. The molecule has 212 valence electrons. The van der Waals surface area contributed by atoms with Crippen LogP contribution in [-0.2, 0) is 14.9 Å². The van der Waals surface area contributed by atoms with Gasteiger partial charge in [0.2, 0.25) is 5.88 Å². The molecule has 3 rings (SSSR count). The van der Waals surface area contributed by atoms with E-state index in [0.29, 0.717) is 17.8 Å². The number of fused-ring (bicyclic) bond motifs is 1. The monoisotopic (exact) mass is 536 g/mol. The molecular formula is C32H44N2O5. The number of benzene rings is 1. The van der Waals surface area contributed by atoms with E-state index in [1.54, 1.807) is 12.1 Å². The molecule has 0 aliphatic heterocycles. The summed E-state index contributed by atoms with van der Waals surface area (Å²) in [7, 11) is 2.94. The minimum absolute atomic E-state index is 0.0732. The average Bonchev–Trinajstić information content (AvgIpc) is 3.46. The van der Waals surface area contributed by atoms with Crippen LogP contribution in [0.3, 0.4) is 0 Å². The van der Waals surface area contributed by atoms with Crippen molar-refractivity contribution in [2.45, 2.75) is 79.6 Å². The van der Waals surface area contributed by atoms with Crippen molar-refractivity contribution in [2.24, 2.45) is 16.8 Å².